The highest BCUT2D eigenvalue weighted by molar-refractivity contribution is 7.91. The zero-order valence-electron chi connectivity index (χ0n) is 17.0. The van der Waals surface area contributed by atoms with Crippen molar-refractivity contribution in [1.82, 2.24) is 0 Å². The number of rotatable bonds is 11. The lowest BCUT2D eigenvalue weighted by Crippen LogP contribution is -2.26. The van der Waals surface area contributed by atoms with Gasteiger partial charge in [0.05, 0.1) is 19.6 Å². The summed E-state index contributed by atoms with van der Waals surface area (Å²) in [6.07, 6.45) is 3.56. The second-order valence-corrected chi connectivity index (χ2v) is 8.81. The van der Waals surface area contributed by atoms with Gasteiger partial charge in [-0.1, -0.05) is 32.8 Å². The minimum Gasteiger partial charge on any atom is -0.366 e. The SMILES string of the molecule is CCCCN(CCCC)c1ccc(S(=O)(=O)c2cccc([N+](=O)[O-])c2)cc1[N+](=O)[O-]. The third-order valence-electron chi connectivity index (χ3n) is 4.70. The highest BCUT2D eigenvalue weighted by Crippen LogP contribution is 2.34. The second kappa shape index (κ2) is 10.1. The van der Waals surface area contributed by atoms with E-state index >= 15 is 0 Å². The lowest BCUT2D eigenvalue weighted by molar-refractivity contribution is -0.385. The topological polar surface area (TPSA) is 124 Å². The van der Waals surface area contributed by atoms with Gasteiger partial charge in [0.1, 0.15) is 5.69 Å². The fraction of sp³-hybridized carbons (Fsp3) is 0.400. The summed E-state index contributed by atoms with van der Waals surface area (Å²) in [5.41, 5.74) is -0.291. The highest BCUT2D eigenvalue weighted by Gasteiger charge is 2.26. The molecule has 0 saturated carbocycles. The van der Waals surface area contributed by atoms with Gasteiger partial charge in [-0.15, -0.1) is 0 Å². The fourth-order valence-corrected chi connectivity index (χ4v) is 4.35. The summed E-state index contributed by atoms with van der Waals surface area (Å²) in [7, 11) is -4.15. The molecule has 0 fully saturated rings. The van der Waals surface area contributed by atoms with Gasteiger partial charge in [-0.05, 0) is 31.0 Å². The van der Waals surface area contributed by atoms with E-state index in [2.05, 4.69) is 0 Å². The predicted molar refractivity (Wildman–Crippen MR) is 114 cm³/mol. The van der Waals surface area contributed by atoms with Crippen LogP contribution in [0.5, 0.6) is 0 Å². The molecular formula is C20H25N3O6S. The van der Waals surface area contributed by atoms with Crippen molar-refractivity contribution in [2.45, 2.75) is 49.3 Å². The Bertz CT molecular complexity index is 1010. The molecule has 0 aromatic heterocycles. The summed E-state index contributed by atoms with van der Waals surface area (Å²) in [6.45, 7) is 5.32. The number of nitro benzene ring substituents is 2. The Morgan fingerprint density at radius 1 is 0.867 bits per heavy atom. The molecule has 0 atom stereocenters. The lowest BCUT2D eigenvalue weighted by Gasteiger charge is -2.24. The molecule has 2 aromatic carbocycles. The molecule has 0 aliphatic heterocycles. The molecule has 0 aliphatic rings. The van der Waals surface area contributed by atoms with Crippen LogP contribution in [0.2, 0.25) is 0 Å². The van der Waals surface area contributed by atoms with Gasteiger partial charge in [0.15, 0.2) is 0 Å². The summed E-state index contributed by atoms with van der Waals surface area (Å²) in [6, 6.07) is 8.44. The van der Waals surface area contributed by atoms with Crippen LogP contribution in [-0.2, 0) is 9.84 Å². The van der Waals surface area contributed by atoms with Crippen LogP contribution < -0.4 is 4.90 Å². The van der Waals surface area contributed by atoms with Gasteiger partial charge < -0.3 is 4.90 Å². The molecule has 0 saturated heterocycles. The first-order chi connectivity index (χ1) is 14.2. The number of nitrogens with zero attached hydrogens (tertiary/aromatic N) is 3. The van der Waals surface area contributed by atoms with Gasteiger partial charge >= 0.3 is 0 Å². The minimum absolute atomic E-state index is 0.274. The van der Waals surface area contributed by atoms with Gasteiger partial charge in [-0.2, -0.15) is 0 Å². The maximum Gasteiger partial charge on any atom is 0.293 e. The van der Waals surface area contributed by atoms with E-state index in [1.807, 2.05) is 18.7 Å². The van der Waals surface area contributed by atoms with Crippen molar-refractivity contribution in [1.29, 1.82) is 0 Å². The quantitative estimate of drug-likeness (QED) is 0.369. The van der Waals surface area contributed by atoms with Gasteiger partial charge in [0, 0.05) is 31.3 Å². The number of hydrogen-bond acceptors (Lipinski definition) is 7. The summed E-state index contributed by atoms with van der Waals surface area (Å²) in [5.74, 6) is 0. The Morgan fingerprint density at radius 2 is 1.47 bits per heavy atom. The summed E-state index contributed by atoms with van der Waals surface area (Å²) in [5, 5.41) is 22.7. The van der Waals surface area contributed by atoms with Crippen molar-refractivity contribution < 1.29 is 18.3 Å². The van der Waals surface area contributed by atoms with E-state index in [9.17, 15) is 28.6 Å². The van der Waals surface area contributed by atoms with E-state index in [0.29, 0.717) is 18.8 Å². The minimum atomic E-state index is -4.15. The highest BCUT2D eigenvalue weighted by atomic mass is 32.2. The largest absolute Gasteiger partial charge is 0.366 e. The Labute approximate surface area is 175 Å². The number of anilines is 1. The molecular weight excluding hydrogens is 410 g/mol. The second-order valence-electron chi connectivity index (χ2n) is 6.86. The fourth-order valence-electron chi connectivity index (χ4n) is 3.04. The molecule has 2 rings (SSSR count). The number of unbranched alkanes of at least 4 members (excludes halogenated alkanes) is 2. The number of non-ortho nitro benzene ring substituents is 1. The van der Waals surface area contributed by atoms with Gasteiger partial charge in [-0.3, -0.25) is 20.2 Å². The van der Waals surface area contributed by atoms with E-state index in [4.69, 9.17) is 0 Å². The van der Waals surface area contributed by atoms with E-state index in [1.165, 1.54) is 30.3 Å². The van der Waals surface area contributed by atoms with E-state index < -0.39 is 19.7 Å². The Hall–Kier alpha value is -3.01. The van der Waals surface area contributed by atoms with Crippen LogP contribution >= 0.6 is 0 Å². The Balaban J connectivity index is 2.53. The zero-order valence-corrected chi connectivity index (χ0v) is 17.8. The number of sulfone groups is 1. The number of nitro groups is 2. The maximum absolute atomic E-state index is 12.9. The van der Waals surface area contributed by atoms with Crippen molar-refractivity contribution in [3.05, 3.63) is 62.7 Å². The molecule has 0 radical (unpaired) electrons. The summed E-state index contributed by atoms with van der Waals surface area (Å²) < 4.78 is 25.9. The van der Waals surface area contributed by atoms with Gasteiger partial charge in [-0.25, -0.2) is 8.42 Å². The molecule has 0 heterocycles. The van der Waals surface area contributed by atoms with E-state index in [0.717, 1.165) is 37.8 Å². The normalized spacial score (nSPS) is 11.3. The average molecular weight is 436 g/mol. The monoisotopic (exact) mass is 435 g/mol. The smallest absolute Gasteiger partial charge is 0.293 e. The molecule has 0 aliphatic carbocycles. The van der Waals surface area contributed by atoms with Gasteiger partial charge in [0.25, 0.3) is 11.4 Å². The number of hydrogen-bond donors (Lipinski definition) is 0. The molecule has 0 spiro atoms. The van der Waals surface area contributed by atoms with Crippen molar-refractivity contribution in [3.8, 4) is 0 Å². The molecule has 0 amide bonds. The summed E-state index contributed by atoms with van der Waals surface area (Å²) in [4.78, 5) is 22.8. The maximum atomic E-state index is 12.9. The van der Waals surface area contributed by atoms with E-state index in [-0.39, 0.29) is 21.2 Å². The third-order valence-corrected chi connectivity index (χ3v) is 6.45. The first kappa shape index (κ1) is 23.3. The molecule has 0 N–H and O–H groups in total. The van der Waals surface area contributed by atoms with Crippen molar-refractivity contribution in [2.24, 2.45) is 0 Å². The molecule has 162 valence electrons. The standard InChI is InChI=1S/C20H25N3O6S/c1-3-5-12-21(13-6-4-2)19-11-10-18(15-20(19)23(26)27)30(28,29)17-9-7-8-16(14-17)22(24)25/h7-11,14-15H,3-6,12-13H2,1-2H3. The van der Waals surface area contributed by atoms with Crippen molar-refractivity contribution in [2.75, 3.05) is 18.0 Å². The van der Waals surface area contributed by atoms with Crippen LogP contribution in [0.15, 0.2) is 52.3 Å². The first-order valence-electron chi connectivity index (χ1n) is 9.75. The van der Waals surface area contributed by atoms with Crippen LogP contribution in [0.3, 0.4) is 0 Å². The molecule has 2 aromatic rings. The first-order valence-corrected chi connectivity index (χ1v) is 11.2. The van der Waals surface area contributed by atoms with Crippen LogP contribution in [0.25, 0.3) is 0 Å². The van der Waals surface area contributed by atoms with Crippen LogP contribution in [0.4, 0.5) is 17.1 Å². The van der Waals surface area contributed by atoms with Crippen LogP contribution in [0.1, 0.15) is 39.5 Å². The van der Waals surface area contributed by atoms with Crippen LogP contribution in [0, 0.1) is 20.2 Å². The molecule has 30 heavy (non-hydrogen) atoms. The Morgan fingerprint density at radius 3 is 2.00 bits per heavy atom. The number of benzene rings is 2. The molecule has 9 nitrogen and oxygen atoms in total. The summed E-state index contributed by atoms with van der Waals surface area (Å²) >= 11 is 0. The average Bonchev–Trinajstić information content (AvgIpc) is 2.73. The van der Waals surface area contributed by atoms with Gasteiger partial charge in [0.2, 0.25) is 9.84 Å². The van der Waals surface area contributed by atoms with Crippen LogP contribution in [-0.4, -0.2) is 31.4 Å². The van der Waals surface area contributed by atoms with Crippen molar-refractivity contribution >= 4 is 26.9 Å². The molecule has 0 bridgehead atoms. The van der Waals surface area contributed by atoms with Crippen molar-refractivity contribution in [3.63, 3.8) is 0 Å². The third kappa shape index (κ3) is 5.32. The Kier molecular flexibility index (Phi) is 7.87. The van der Waals surface area contributed by atoms with E-state index in [1.54, 1.807) is 0 Å². The molecule has 0 unspecified atom stereocenters. The molecule has 10 heteroatoms. The predicted octanol–water partition coefficient (Wildman–Crippen LogP) is 4.74. The lowest BCUT2D eigenvalue weighted by atomic mass is 10.2. The zero-order chi connectivity index (χ0) is 22.3.